The Hall–Kier alpha value is -2.14. The summed E-state index contributed by atoms with van der Waals surface area (Å²) in [5.74, 6) is -0.880. The number of halogens is 1. The number of aliphatic hydroxyl groups is 2. The average molecular weight is 358 g/mol. The van der Waals surface area contributed by atoms with Crippen molar-refractivity contribution in [3.05, 3.63) is 71.3 Å². The Morgan fingerprint density at radius 3 is 2.64 bits per heavy atom. The second-order valence-corrected chi connectivity index (χ2v) is 6.57. The minimum atomic E-state index is -1.71. The zero-order valence-corrected chi connectivity index (χ0v) is 14.6. The molecule has 0 spiro atoms. The van der Waals surface area contributed by atoms with E-state index in [-0.39, 0.29) is 6.61 Å². The van der Waals surface area contributed by atoms with Crippen LogP contribution in [0.2, 0.25) is 5.02 Å². The van der Waals surface area contributed by atoms with Crippen molar-refractivity contribution in [2.24, 2.45) is 5.92 Å². The highest BCUT2D eigenvalue weighted by atomic mass is 35.5. The molecule has 2 aromatic rings. The van der Waals surface area contributed by atoms with Gasteiger partial charge in [-0.15, -0.1) is 0 Å². The van der Waals surface area contributed by atoms with Crippen molar-refractivity contribution in [2.75, 3.05) is 11.5 Å². The molecule has 1 heterocycles. The normalized spacial score (nSPS) is 21.0. The van der Waals surface area contributed by atoms with E-state index in [0.29, 0.717) is 28.4 Å². The van der Waals surface area contributed by atoms with E-state index in [1.165, 1.54) is 4.90 Å². The molecule has 0 bridgehead atoms. The predicted molar refractivity (Wildman–Crippen MR) is 98.9 cm³/mol. The second kappa shape index (κ2) is 7.00. The fourth-order valence-corrected chi connectivity index (χ4v) is 3.36. The zero-order valence-electron chi connectivity index (χ0n) is 13.9. The molecule has 0 aromatic heterocycles. The minimum absolute atomic E-state index is 0.0220. The lowest BCUT2D eigenvalue weighted by Crippen LogP contribution is -2.42. The SMILES string of the molecule is C[C@@H](/C=C/CCO)[C@]1(O)C(=O)N(c2ccccc2)c2ccc(Cl)cc21. The van der Waals surface area contributed by atoms with E-state index in [0.717, 1.165) is 0 Å². The summed E-state index contributed by atoms with van der Waals surface area (Å²) < 4.78 is 0. The maximum Gasteiger partial charge on any atom is 0.268 e. The topological polar surface area (TPSA) is 60.8 Å². The van der Waals surface area contributed by atoms with E-state index < -0.39 is 17.4 Å². The fraction of sp³-hybridized carbons (Fsp3) is 0.250. The zero-order chi connectivity index (χ0) is 18.0. The molecule has 0 fully saturated rings. The van der Waals surface area contributed by atoms with E-state index in [1.807, 2.05) is 30.3 Å². The van der Waals surface area contributed by atoms with Gasteiger partial charge in [-0.05, 0) is 36.8 Å². The highest BCUT2D eigenvalue weighted by Gasteiger charge is 2.53. The van der Waals surface area contributed by atoms with Crippen LogP contribution in [-0.2, 0) is 10.4 Å². The second-order valence-electron chi connectivity index (χ2n) is 6.13. The highest BCUT2D eigenvalue weighted by molar-refractivity contribution is 6.31. The van der Waals surface area contributed by atoms with Crippen LogP contribution in [0.15, 0.2) is 60.7 Å². The number of benzene rings is 2. The van der Waals surface area contributed by atoms with Gasteiger partial charge in [-0.1, -0.05) is 48.9 Å². The number of fused-ring (bicyclic) bond motifs is 1. The van der Waals surface area contributed by atoms with Gasteiger partial charge in [0.05, 0.1) is 5.69 Å². The first-order valence-corrected chi connectivity index (χ1v) is 8.57. The summed E-state index contributed by atoms with van der Waals surface area (Å²) in [5.41, 5.74) is 0.112. The lowest BCUT2D eigenvalue weighted by molar-refractivity contribution is -0.138. The summed E-state index contributed by atoms with van der Waals surface area (Å²) >= 11 is 6.13. The van der Waals surface area contributed by atoms with Crippen molar-refractivity contribution in [3.63, 3.8) is 0 Å². The number of hydrogen-bond donors (Lipinski definition) is 2. The standard InChI is InChI=1S/C20H20ClNO3/c1-14(7-5-6-12-23)20(25)17-13-15(21)10-11-18(17)22(19(20)24)16-8-3-2-4-9-16/h2-5,7-11,13-14,23,25H,6,12H2,1H3/b7-5+/t14-,20+/m0/s1. The molecule has 5 heteroatoms. The van der Waals surface area contributed by atoms with Gasteiger partial charge >= 0.3 is 0 Å². The number of aliphatic hydroxyl groups excluding tert-OH is 1. The van der Waals surface area contributed by atoms with Crippen LogP contribution >= 0.6 is 11.6 Å². The van der Waals surface area contributed by atoms with Crippen LogP contribution in [0, 0.1) is 5.92 Å². The van der Waals surface area contributed by atoms with Gasteiger partial charge in [-0.2, -0.15) is 0 Å². The number of carbonyl (C=O) groups is 1. The van der Waals surface area contributed by atoms with Gasteiger partial charge in [0.2, 0.25) is 0 Å². The minimum Gasteiger partial charge on any atom is -0.396 e. The summed E-state index contributed by atoms with van der Waals surface area (Å²) in [6.45, 7) is 1.80. The number of rotatable bonds is 5. The molecule has 0 saturated heterocycles. The molecule has 1 amide bonds. The monoisotopic (exact) mass is 357 g/mol. The van der Waals surface area contributed by atoms with E-state index in [4.69, 9.17) is 16.7 Å². The first-order valence-electron chi connectivity index (χ1n) is 8.19. The van der Waals surface area contributed by atoms with Crippen molar-refractivity contribution in [2.45, 2.75) is 18.9 Å². The highest BCUT2D eigenvalue weighted by Crippen LogP contribution is 2.48. The fourth-order valence-electron chi connectivity index (χ4n) is 3.19. The van der Waals surface area contributed by atoms with Gasteiger partial charge in [-0.3, -0.25) is 9.69 Å². The van der Waals surface area contributed by atoms with E-state index >= 15 is 0 Å². The molecule has 130 valence electrons. The van der Waals surface area contributed by atoms with Gasteiger partial charge in [0.15, 0.2) is 5.60 Å². The Balaban J connectivity index is 2.12. The van der Waals surface area contributed by atoms with Crippen LogP contribution in [0.4, 0.5) is 11.4 Å². The molecule has 0 saturated carbocycles. The van der Waals surface area contributed by atoms with Crippen molar-refractivity contribution >= 4 is 28.9 Å². The smallest absolute Gasteiger partial charge is 0.268 e. The largest absolute Gasteiger partial charge is 0.396 e. The molecule has 1 aliphatic rings. The molecular formula is C20H20ClNO3. The molecule has 0 aliphatic carbocycles. The third kappa shape index (κ3) is 2.97. The molecule has 2 aromatic carbocycles. The predicted octanol–water partition coefficient (Wildman–Crippen LogP) is 3.78. The lowest BCUT2D eigenvalue weighted by Gasteiger charge is -2.27. The van der Waals surface area contributed by atoms with Crippen molar-refractivity contribution in [1.29, 1.82) is 0 Å². The maximum atomic E-state index is 13.2. The van der Waals surface area contributed by atoms with Crippen LogP contribution in [0.1, 0.15) is 18.9 Å². The molecule has 2 N–H and O–H groups in total. The van der Waals surface area contributed by atoms with Crippen molar-refractivity contribution in [3.8, 4) is 0 Å². The number of amides is 1. The summed E-state index contributed by atoms with van der Waals surface area (Å²) in [5, 5.41) is 20.8. The van der Waals surface area contributed by atoms with Crippen LogP contribution in [-0.4, -0.2) is 22.7 Å². The van der Waals surface area contributed by atoms with Crippen LogP contribution < -0.4 is 4.90 Å². The molecular weight excluding hydrogens is 338 g/mol. The lowest BCUT2D eigenvalue weighted by atomic mass is 9.83. The molecule has 3 rings (SSSR count). The van der Waals surface area contributed by atoms with Gasteiger partial charge in [0, 0.05) is 28.8 Å². The molecule has 0 radical (unpaired) electrons. The average Bonchev–Trinajstić information content (AvgIpc) is 2.84. The quantitative estimate of drug-likeness (QED) is 0.800. The van der Waals surface area contributed by atoms with E-state index in [2.05, 4.69) is 0 Å². The Kier molecular flexibility index (Phi) is 4.95. The van der Waals surface area contributed by atoms with Crippen molar-refractivity contribution < 1.29 is 15.0 Å². The van der Waals surface area contributed by atoms with Gasteiger partial charge < -0.3 is 10.2 Å². The number of anilines is 2. The number of para-hydroxylation sites is 1. The van der Waals surface area contributed by atoms with Gasteiger partial charge in [-0.25, -0.2) is 0 Å². The molecule has 2 atom stereocenters. The Morgan fingerprint density at radius 1 is 1.24 bits per heavy atom. The molecule has 25 heavy (non-hydrogen) atoms. The Morgan fingerprint density at radius 2 is 1.96 bits per heavy atom. The van der Waals surface area contributed by atoms with E-state index in [1.54, 1.807) is 37.3 Å². The molecule has 0 unspecified atom stereocenters. The number of nitrogens with zero attached hydrogens (tertiary/aromatic N) is 1. The third-order valence-electron chi connectivity index (χ3n) is 4.53. The summed E-state index contributed by atoms with van der Waals surface area (Å²) in [7, 11) is 0. The van der Waals surface area contributed by atoms with E-state index in [9.17, 15) is 9.90 Å². The van der Waals surface area contributed by atoms with Crippen LogP contribution in [0.3, 0.4) is 0 Å². The third-order valence-corrected chi connectivity index (χ3v) is 4.77. The first kappa shape index (κ1) is 17.7. The first-order chi connectivity index (χ1) is 12.0. The van der Waals surface area contributed by atoms with Gasteiger partial charge in [0.25, 0.3) is 5.91 Å². The number of carbonyl (C=O) groups excluding carboxylic acids is 1. The maximum absolute atomic E-state index is 13.2. The summed E-state index contributed by atoms with van der Waals surface area (Å²) in [6.07, 6.45) is 4.00. The molecule has 4 nitrogen and oxygen atoms in total. The van der Waals surface area contributed by atoms with Crippen LogP contribution in [0.25, 0.3) is 0 Å². The Labute approximate surface area is 152 Å². The van der Waals surface area contributed by atoms with Crippen LogP contribution in [0.5, 0.6) is 0 Å². The number of hydrogen-bond acceptors (Lipinski definition) is 3. The summed E-state index contributed by atoms with van der Waals surface area (Å²) in [6, 6.07) is 14.3. The summed E-state index contributed by atoms with van der Waals surface area (Å²) in [4.78, 5) is 14.7. The molecule has 1 aliphatic heterocycles. The van der Waals surface area contributed by atoms with Crippen molar-refractivity contribution in [1.82, 2.24) is 0 Å². The Bertz CT molecular complexity index is 806. The van der Waals surface area contributed by atoms with Gasteiger partial charge in [0.1, 0.15) is 0 Å².